The molecule has 7 heteroatoms. The van der Waals surface area contributed by atoms with E-state index in [0.29, 0.717) is 17.7 Å². The lowest BCUT2D eigenvalue weighted by Crippen LogP contribution is -2.37. The number of nitrogens with zero attached hydrogens (tertiary/aromatic N) is 1. The van der Waals surface area contributed by atoms with Crippen LogP contribution in [0.1, 0.15) is 15.9 Å². The fourth-order valence-corrected chi connectivity index (χ4v) is 2.27. The van der Waals surface area contributed by atoms with Crippen LogP contribution in [0.2, 0.25) is 0 Å². The van der Waals surface area contributed by atoms with E-state index in [9.17, 15) is 14.4 Å². The van der Waals surface area contributed by atoms with Crippen molar-refractivity contribution in [2.24, 2.45) is 0 Å². The Bertz CT molecular complexity index is 818. The number of anilines is 1. The third kappa shape index (κ3) is 5.85. The van der Waals surface area contributed by atoms with E-state index in [4.69, 9.17) is 9.47 Å². The van der Waals surface area contributed by atoms with Gasteiger partial charge < -0.3 is 19.7 Å². The van der Waals surface area contributed by atoms with Crippen LogP contribution in [0, 0.1) is 6.92 Å². The van der Waals surface area contributed by atoms with E-state index in [0.717, 1.165) is 5.56 Å². The minimum absolute atomic E-state index is 0.112. The number of benzene rings is 2. The summed E-state index contributed by atoms with van der Waals surface area (Å²) in [4.78, 5) is 36.6. The number of amides is 2. The van der Waals surface area contributed by atoms with Crippen LogP contribution in [0.3, 0.4) is 0 Å². The number of likely N-dealkylation sites (N-methyl/N-ethyl adjacent to an activating group) is 1. The molecule has 0 aromatic heterocycles. The van der Waals surface area contributed by atoms with Gasteiger partial charge in [-0.05, 0) is 37.3 Å². The number of ether oxygens (including phenoxy) is 2. The van der Waals surface area contributed by atoms with Gasteiger partial charge in [0.05, 0.1) is 19.2 Å². The van der Waals surface area contributed by atoms with Crippen LogP contribution in [0.25, 0.3) is 0 Å². The molecule has 142 valence electrons. The third-order valence-electron chi connectivity index (χ3n) is 3.84. The maximum atomic E-state index is 12.2. The number of rotatable bonds is 8. The number of aldehydes is 1. The lowest BCUT2D eigenvalue weighted by molar-refractivity contribution is -0.135. The number of carbonyl (C=O) groups excluding carboxylic acids is 3. The Hall–Kier alpha value is -3.35. The highest BCUT2D eigenvalue weighted by molar-refractivity contribution is 5.94. The van der Waals surface area contributed by atoms with Crippen LogP contribution >= 0.6 is 0 Å². The molecule has 0 aliphatic carbocycles. The van der Waals surface area contributed by atoms with Crippen molar-refractivity contribution >= 4 is 23.8 Å². The van der Waals surface area contributed by atoms with Crippen LogP contribution in [-0.2, 0) is 9.59 Å². The molecule has 0 radical (unpaired) electrons. The predicted molar refractivity (Wildman–Crippen MR) is 101 cm³/mol. The molecule has 2 rings (SSSR count). The highest BCUT2D eigenvalue weighted by atomic mass is 16.5. The molecule has 0 heterocycles. The Balaban J connectivity index is 1.87. The molecule has 0 saturated heterocycles. The summed E-state index contributed by atoms with van der Waals surface area (Å²) in [5, 5.41) is 2.73. The molecule has 2 aromatic rings. The van der Waals surface area contributed by atoms with Crippen molar-refractivity contribution in [1.82, 2.24) is 4.90 Å². The van der Waals surface area contributed by atoms with E-state index >= 15 is 0 Å². The van der Waals surface area contributed by atoms with Crippen molar-refractivity contribution in [1.29, 1.82) is 0 Å². The lowest BCUT2D eigenvalue weighted by Gasteiger charge is -2.17. The molecule has 0 bridgehead atoms. The summed E-state index contributed by atoms with van der Waals surface area (Å²) < 4.78 is 10.5. The summed E-state index contributed by atoms with van der Waals surface area (Å²) in [7, 11) is 3.00. The fourth-order valence-electron chi connectivity index (χ4n) is 2.27. The predicted octanol–water partition coefficient (Wildman–Crippen LogP) is 2.29. The standard InChI is InChI=1S/C20H22N2O5/c1-14-4-6-16(7-5-14)21-19(24)11-22(2)20(25)13-27-18-9-8-17(26-3)10-15(18)12-23/h4-10,12H,11,13H2,1-3H3,(H,21,24). The summed E-state index contributed by atoms with van der Waals surface area (Å²) >= 11 is 0. The van der Waals surface area contributed by atoms with E-state index in [1.165, 1.54) is 25.1 Å². The third-order valence-corrected chi connectivity index (χ3v) is 3.84. The minimum Gasteiger partial charge on any atom is -0.497 e. The summed E-state index contributed by atoms with van der Waals surface area (Å²) in [6.45, 7) is 1.55. The molecule has 2 amide bonds. The average Bonchev–Trinajstić information content (AvgIpc) is 2.67. The van der Waals surface area contributed by atoms with E-state index in [-0.39, 0.29) is 36.3 Å². The van der Waals surface area contributed by atoms with Gasteiger partial charge in [0, 0.05) is 12.7 Å². The molecule has 0 saturated carbocycles. The summed E-state index contributed by atoms with van der Waals surface area (Å²) in [5.41, 5.74) is 2.03. The van der Waals surface area contributed by atoms with Gasteiger partial charge in [-0.3, -0.25) is 14.4 Å². The molecule has 1 N–H and O–H groups in total. The van der Waals surface area contributed by atoms with E-state index < -0.39 is 0 Å². The Morgan fingerprint density at radius 3 is 2.48 bits per heavy atom. The zero-order chi connectivity index (χ0) is 19.8. The molecule has 0 atom stereocenters. The van der Waals surface area contributed by atoms with Gasteiger partial charge in [-0.25, -0.2) is 0 Å². The van der Waals surface area contributed by atoms with Crippen LogP contribution in [-0.4, -0.2) is 50.3 Å². The Labute approximate surface area is 157 Å². The van der Waals surface area contributed by atoms with E-state index in [2.05, 4.69) is 5.32 Å². The lowest BCUT2D eigenvalue weighted by atomic mass is 10.2. The van der Waals surface area contributed by atoms with Gasteiger partial charge in [0.25, 0.3) is 5.91 Å². The van der Waals surface area contributed by atoms with Crippen LogP contribution in [0.15, 0.2) is 42.5 Å². The first-order chi connectivity index (χ1) is 12.9. The molecule has 0 aliphatic rings. The quantitative estimate of drug-likeness (QED) is 0.721. The van der Waals surface area contributed by atoms with Crippen molar-refractivity contribution in [2.75, 3.05) is 32.6 Å². The van der Waals surface area contributed by atoms with E-state index in [1.807, 2.05) is 19.1 Å². The Morgan fingerprint density at radius 2 is 1.85 bits per heavy atom. The van der Waals surface area contributed by atoms with Gasteiger partial charge >= 0.3 is 0 Å². The van der Waals surface area contributed by atoms with Gasteiger partial charge in [-0.15, -0.1) is 0 Å². The molecule has 2 aromatic carbocycles. The first-order valence-electron chi connectivity index (χ1n) is 8.29. The SMILES string of the molecule is COc1ccc(OCC(=O)N(C)CC(=O)Nc2ccc(C)cc2)c(C=O)c1. The highest BCUT2D eigenvalue weighted by Crippen LogP contribution is 2.22. The van der Waals surface area contributed by atoms with Crippen molar-refractivity contribution in [3.05, 3.63) is 53.6 Å². The van der Waals surface area contributed by atoms with Gasteiger partial charge in [-0.1, -0.05) is 17.7 Å². The number of hydrogen-bond acceptors (Lipinski definition) is 5. The Kier molecular flexibility index (Phi) is 6.93. The second kappa shape index (κ2) is 9.38. The number of aryl methyl sites for hydroxylation is 1. The van der Waals surface area contributed by atoms with Crippen LogP contribution in [0.5, 0.6) is 11.5 Å². The van der Waals surface area contributed by atoms with Gasteiger partial charge in [0.15, 0.2) is 12.9 Å². The van der Waals surface area contributed by atoms with Gasteiger partial charge in [0.2, 0.25) is 5.91 Å². The van der Waals surface area contributed by atoms with Crippen molar-refractivity contribution < 1.29 is 23.9 Å². The summed E-state index contributed by atoms with van der Waals surface area (Å²) in [5.74, 6) is 0.0896. The maximum Gasteiger partial charge on any atom is 0.260 e. The van der Waals surface area contributed by atoms with E-state index in [1.54, 1.807) is 24.3 Å². The van der Waals surface area contributed by atoms with Crippen LogP contribution in [0.4, 0.5) is 5.69 Å². The normalized spacial score (nSPS) is 10.0. The molecule has 0 spiro atoms. The largest absolute Gasteiger partial charge is 0.497 e. The second-order valence-electron chi connectivity index (χ2n) is 5.97. The number of methoxy groups -OCH3 is 1. The first kappa shape index (κ1) is 20.0. The fraction of sp³-hybridized carbons (Fsp3) is 0.250. The van der Waals surface area contributed by atoms with Crippen LogP contribution < -0.4 is 14.8 Å². The van der Waals surface area contributed by atoms with Crippen molar-refractivity contribution in [3.8, 4) is 11.5 Å². The van der Waals surface area contributed by atoms with Crippen molar-refractivity contribution in [2.45, 2.75) is 6.92 Å². The Morgan fingerprint density at radius 1 is 1.15 bits per heavy atom. The van der Waals surface area contributed by atoms with Gasteiger partial charge in [0.1, 0.15) is 11.5 Å². The van der Waals surface area contributed by atoms with Gasteiger partial charge in [-0.2, -0.15) is 0 Å². The molecule has 0 aliphatic heterocycles. The molecular formula is C20H22N2O5. The molecule has 7 nitrogen and oxygen atoms in total. The zero-order valence-electron chi connectivity index (χ0n) is 15.5. The minimum atomic E-state index is -0.387. The maximum absolute atomic E-state index is 12.2. The number of hydrogen-bond donors (Lipinski definition) is 1. The topological polar surface area (TPSA) is 84.9 Å². The average molecular weight is 370 g/mol. The number of nitrogens with one attached hydrogen (secondary N) is 1. The zero-order valence-corrected chi connectivity index (χ0v) is 15.5. The molecule has 0 fully saturated rings. The first-order valence-corrected chi connectivity index (χ1v) is 8.29. The highest BCUT2D eigenvalue weighted by Gasteiger charge is 2.15. The molecule has 0 unspecified atom stereocenters. The summed E-state index contributed by atoms with van der Waals surface area (Å²) in [6.07, 6.45) is 0.626. The smallest absolute Gasteiger partial charge is 0.260 e. The molecular weight excluding hydrogens is 348 g/mol. The molecule has 27 heavy (non-hydrogen) atoms. The monoisotopic (exact) mass is 370 g/mol. The number of carbonyl (C=O) groups is 3. The van der Waals surface area contributed by atoms with Crippen molar-refractivity contribution in [3.63, 3.8) is 0 Å². The summed E-state index contributed by atoms with van der Waals surface area (Å²) in [6, 6.07) is 12.1. The second-order valence-corrected chi connectivity index (χ2v) is 5.97.